The number of benzene rings is 7. The SMILES string of the molecule is c1ccc(-c2ccc3ccc4ccc(-c5cc6c(oc7cccc(-c8cccc9c8sc8ccccc89)c76)c6ccccc56)nc4c3n2)cc1. The number of aromatic nitrogens is 2. The number of nitrogens with zero attached hydrogens (tertiary/aromatic N) is 2. The van der Waals surface area contributed by atoms with Gasteiger partial charge in [-0.05, 0) is 41.3 Å². The van der Waals surface area contributed by atoms with Crippen LogP contribution in [0.25, 0.3) is 108 Å². The molecule has 4 heterocycles. The zero-order valence-corrected chi connectivity index (χ0v) is 27.5. The van der Waals surface area contributed by atoms with E-state index >= 15 is 0 Å². The second-order valence-corrected chi connectivity index (χ2v) is 13.9. The van der Waals surface area contributed by atoms with E-state index < -0.39 is 0 Å². The average molecular weight is 655 g/mol. The van der Waals surface area contributed by atoms with Gasteiger partial charge in [-0.3, -0.25) is 0 Å². The molecule has 0 unspecified atom stereocenters. The lowest BCUT2D eigenvalue weighted by atomic mass is 9.94. The van der Waals surface area contributed by atoms with Gasteiger partial charge in [-0.1, -0.05) is 127 Å². The van der Waals surface area contributed by atoms with Gasteiger partial charge in [0.1, 0.15) is 11.2 Å². The summed E-state index contributed by atoms with van der Waals surface area (Å²) in [7, 11) is 0. The molecule has 0 bridgehead atoms. The molecule has 3 nitrogen and oxygen atoms in total. The Morgan fingerprint density at radius 2 is 1.08 bits per heavy atom. The molecule has 0 fully saturated rings. The van der Waals surface area contributed by atoms with Gasteiger partial charge >= 0.3 is 0 Å². The molecule has 0 atom stereocenters. The molecule has 0 aliphatic heterocycles. The minimum absolute atomic E-state index is 0.882. The van der Waals surface area contributed by atoms with Gasteiger partial charge in [-0.25, -0.2) is 9.97 Å². The smallest absolute Gasteiger partial charge is 0.143 e. The Kier molecular flexibility index (Phi) is 5.83. The van der Waals surface area contributed by atoms with Crippen molar-refractivity contribution in [1.82, 2.24) is 9.97 Å². The highest BCUT2D eigenvalue weighted by atomic mass is 32.1. The van der Waals surface area contributed by atoms with Crippen molar-refractivity contribution in [1.29, 1.82) is 0 Å². The lowest BCUT2D eigenvalue weighted by Gasteiger charge is -2.11. The van der Waals surface area contributed by atoms with Crippen LogP contribution in [0.15, 0.2) is 162 Å². The standard InChI is InChI=1S/C46H26N2OS/c1-2-10-27(11-3-1)38-24-22-28-20-21-29-23-25-39(48-44(29)43(28)47-38)36-26-37-42-32(15-9-18-40(42)49-45(37)33-14-5-4-12-30(33)36)35-17-8-16-34-31-13-6-7-19-41(31)50-46(34)35/h1-26H. The normalized spacial score (nSPS) is 12.0. The highest BCUT2D eigenvalue weighted by Crippen LogP contribution is 2.46. The molecule has 50 heavy (non-hydrogen) atoms. The van der Waals surface area contributed by atoms with Crippen molar-refractivity contribution in [3.05, 3.63) is 158 Å². The van der Waals surface area contributed by atoms with Gasteiger partial charge in [0.05, 0.1) is 22.4 Å². The molecule has 232 valence electrons. The summed E-state index contributed by atoms with van der Waals surface area (Å²) in [6.45, 7) is 0. The fraction of sp³-hybridized carbons (Fsp3) is 0. The Hall–Kier alpha value is -6.36. The third kappa shape index (κ3) is 4.03. The second kappa shape index (κ2) is 10.6. The molecule has 7 aromatic carbocycles. The number of fused-ring (bicyclic) bond motifs is 11. The minimum atomic E-state index is 0.882. The van der Waals surface area contributed by atoms with Gasteiger partial charge < -0.3 is 4.42 Å². The first-order valence-electron chi connectivity index (χ1n) is 16.8. The summed E-state index contributed by atoms with van der Waals surface area (Å²) in [5.74, 6) is 0. The topological polar surface area (TPSA) is 38.9 Å². The molecule has 0 saturated carbocycles. The number of rotatable bonds is 3. The molecule has 0 aliphatic rings. The van der Waals surface area contributed by atoms with Crippen LogP contribution in [0.2, 0.25) is 0 Å². The van der Waals surface area contributed by atoms with Crippen LogP contribution in [0, 0.1) is 0 Å². The number of furan rings is 1. The van der Waals surface area contributed by atoms with E-state index in [1.807, 2.05) is 17.4 Å². The molecule has 4 aromatic heterocycles. The average Bonchev–Trinajstić information content (AvgIpc) is 3.76. The van der Waals surface area contributed by atoms with Crippen molar-refractivity contribution in [3.8, 4) is 33.6 Å². The Balaban J connectivity index is 1.19. The molecule has 0 radical (unpaired) electrons. The van der Waals surface area contributed by atoms with E-state index in [4.69, 9.17) is 14.4 Å². The van der Waals surface area contributed by atoms with Crippen LogP contribution in [0.3, 0.4) is 0 Å². The summed E-state index contributed by atoms with van der Waals surface area (Å²) in [4.78, 5) is 10.5. The van der Waals surface area contributed by atoms with E-state index in [1.54, 1.807) is 0 Å². The summed E-state index contributed by atoms with van der Waals surface area (Å²) in [6, 6.07) is 55.8. The van der Waals surface area contributed by atoms with Crippen molar-refractivity contribution >= 4 is 86.0 Å². The molecule has 0 saturated heterocycles. The monoisotopic (exact) mass is 654 g/mol. The van der Waals surface area contributed by atoms with Gasteiger partial charge in [0, 0.05) is 63.8 Å². The summed E-state index contributed by atoms with van der Waals surface area (Å²) in [5.41, 5.74) is 10.0. The first-order chi connectivity index (χ1) is 24.8. The van der Waals surface area contributed by atoms with Crippen molar-refractivity contribution in [2.75, 3.05) is 0 Å². The van der Waals surface area contributed by atoms with E-state index in [-0.39, 0.29) is 0 Å². The van der Waals surface area contributed by atoms with Crippen LogP contribution in [0.5, 0.6) is 0 Å². The highest BCUT2D eigenvalue weighted by molar-refractivity contribution is 7.26. The lowest BCUT2D eigenvalue weighted by Crippen LogP contribution is -1.92. The van der Waals surface area contributed by atoms with Crippen molar-refractivity contribution < 1.29 is 4.42 Å². The Morgan fingerprint density at radius 3 is 1.92 bits per heavy atom. The maximum atomic E-state index is 6.75. The van der Waals surface area contributed by atoms with E-state index in [2.05, 4.69) is 152 Å². The zero-order chi connectivity index (χ0) is 32.8. The Labute approximate surface area is 290 Å². The first kappa shape index (κ1) is 27.6. The molecule has 0 spiro atoms. The fourth-order valence-corrected chi connectivity index (χ4v) is 8.96. The quantitative estimate of drug-likeness (QED) is 0.178. The Bertz CT molecular complexity index is 3160. The largest absolute Gasteiger partial charge is 0.455 e. The highest BCUT2D eigenvalue weighted by Gasteiger charge is 2.20. The molecule has 0 aliphatic carbocycles. The summed E-state index contributed by atoms with van der Waals surface area (Å²) >= 11 is 1.86. The summed E-state index contributed by atoms with van der Waals surface area (Å²) in [5, 5.41) is 9.12. The number of pyridine rings is 2. The van der Waals surface area contributed by atoms with Gasteiger partial charge in [0.25, 0.3) is 0 Å². The van der Waals surface area contributed by atoms with Gasteiger partial charge in [-0.15, -0.1) is 11.3 Å². The molecular formula is C46H26N2OS. The molecule has 0 N–H and O–H groups in total. The fourth-order valence-electron chi connectivity index (χ4n) is 7.73. The summed E-state index contributed by atoms with van der Waals surface area (Å²) in [6.07, 6.45) is 0. The summed E-state index contributed by atoms with van der Waals surface area (Å²) < 4.78 is 9.34. The third-order valence-electron chi connectivity index (χ3n) is 10.1. The van der Waals surface area contributed by atoms with Crippen molar-refractivity contribution in [2.45, 2.75) is 0 Å². The van der Waals surface area contributed by atoms with Crippen LogP contribution in [0.1, 0.15) is 0 Å². The van der Waals surface area contributed by atoms with Crippen molar-refractivity contribution in [2.24, 2.45) is 0 Å². The van der Waals surface area contributed by atoms with E-state index in [0.29, 0.717) is 0 Å². The van der Waals surface area contributed by atoms with Gasteiger partial charge in [-0.2, -0.15) is 0 Å². The van der Waals surface area contributed by atoms with E-state index in [0.717, 1.165) is 77.0 Å². The number of hydrogen-bond donors (Lipinski definition) is 0. The maximum Gasteiger partial charge on any atom is 0.143 e. The van der Waals surface area contributed by atoms with Crippen LogP contribution >= 0.6 is 11.3 Å². The van der Waals surface area contributed by atoms with Gasteiger partial charge in [0.15, 0.2) is 0 Å². The van der Waals surface area contributed by atoms with Crippen LogP contribution in [-0.2, 0) is 0 Å². The van der Waals surface area contributed by atoms with E-state index in [9.17, 15) is 0 Å². The predicted molar refractivity (Wildman–Crippen MR) is 211 cm³/mol. The zero-order valence-electron chi connectivity index (χ0n) is 26.7. The van der Waals surface area contributed by atoms with Crippen LogP contribution < -0.4 is 0 Å². The second-order valence-electron chi connectivity index (χ2n) is 12.9. The van der Waals surface area contributed by atoms with Gasteiger partial charge in [0.2, 0.25) is 0 Å². The molecule has 11 aromatic rings. The molecule has 4 heteroatoms. The third-order valence-corrected chi connectivity index (χ3v) is 11.3. The predicted octanol–water partition coefficient (Wildman–Crippen LogP) is 13.2. The first-order valence-corrected chi connectivity index (χ1v) is 17.6. The van der Waals surface area contributed by atoms with E-state index in [1.165, 1.54) is 31.3 Å². The molecule has 11 rings (SSSR count). The molecular weight excluding hydrogens is 629 g/mol. The minimum Gasteiger partial charge on any atom is -0.455 e. The van der Waals surface area contributed by atoms with Crippen molar-refractivity contribution in [3.63, 3.8) is 0 Å². The number of hydrogen-bond acceptors (Lipinski definition) is 4. The van der Waals surface area contributed by atoms with Crippen LogP contribution in [-0.4, -0.2) is 9.97 Å². The lowest BCUT2D eigenvalue weighted by molar-refractivity contribution is 0.673. The Morgan fingerprint density at radius 1 is 0.440 bits per heavy atom. The van der Waals surface area contributed by atoms with Crippen LogP contribution in [0.4, 0.5) is 0 Å². The number of thiophene rings is 1. The maximum absolute atomic E-state index is 6.75. The molecule has 0 amide bonds.